The molecule has 1 aliphatic carbocycles. The molecule has 58 heavy (non-hydrogen) atoms. The number of sulfone groups is 1. The lowest BCUT2D eigenvalue weighted by Gasteiger charge is -2.27. The molecule has 0 unspecified atom stereocenters. The van der Waals surface area contributed by atoms with E-state index in [9.17, 15) is 34.4 Å². The van der Waals surface area contributed by atoms with Crippen molar-refractivity contribution < 1.29 is 38.9 Å². The molecule has 2 heterocycles. The molecule has 0 saturated carbocycles. The molecule has 0 aromatic heterocycles. The number of allylic oxidation sites excluding steroid dienone is 7. The van der Waals surface area contributed by atoms with Gasteiger partial charge in [-0.3, -0.25) is 9.11 Å². The first-order valence-electron chi connectivity index (χ1n) is 20.0. The number of fused-ring (bicyclic) bond motifs is 2. The second kappa shape index (κ2) is 16.5. The van der Waals surface area contributed by atoms with Crippen LogP contribution in [0.5, 0.6) is 0 Å². The Morgan fingerprint density at radius 3 is 1.95 bits per heavy atom. The molecule has 3 aromatic rings. The van der Waals surface area contributed by atoms with E-state index in [0.717, 1.165) is 72.4 Å². The van der Waals surface area contributed by atoms with Crippen LogP contribution < -0.4 is 4.90 Å². The maximum atomic E-state index is 14.7. The highest BCUT2D eigenvalue weighted by Gasteiger charge is 2.45. The van der Waals surface area contributed by atoms with Crippen LogP contribution in [0.15, 0.2) is 127 Å². The molecule has 0 radical (unpaired) electrons. The maximum absolute atomic E-state index is 14.7. The summed E-state index contributed by atoms with van der Waals surface area (Å²) in [6.07, 6.45) is 14.5. The first-order chi connectivity index (χ1) is 27.2. The molecule has 2 N–H and O–H groups in total. The van der Waals surface area contributed by atoms with Crippen molar-refractivity contribution in [1.29, 1.82) is 0 Å². The smallest absolute Gasteiger partial charge is 0.294 e. The minimum atomic E-state index is -4.43. The Balaban J connectivity index is 1.50. The van der Waals surface area contributed by atoms with Crippen molar-refractivity contribution >= 4 is 47.2 Å². The largest absolute Gasteiger partial charge is 0.344 e. The summed E-state index contributed by atoms with van der Waals surface area (Å²) in [6, 6.07) is 17.8. The molecule has 10 nitrogen and oxygen atoms in total. The van der Waals surface area contributed by atoms with E-state index in [0.29, 0.717) is 37.1 Å². The molecule has 3 aliphatic rings. The van der Waals surface area contributed by atoms with Gasteiger partial charge in [-0.2, -0.15) is 21.4 Å². The highest BCUT2D eigenvalue weighted by molar-refractivity contribution is 7.95. The summed E-state index contributed by atoms with van der Waals surface area (Å²) in [4.78, 5) is 2.26. The number of hydrogen-bond acceptors (Lipinski definition) is 7. The van der Waals surface area contributed by atoms with Gasteiger partial charge < -0.3 is 4.90 Å². The van der Waals surface area contributed by atoms with E-state index in [4.69, 9.17) is 0 Å². The topological polar surface area (TPSA) is 149 Å². The lowest BCUT2D eigenvalue weighted by molar-refractivity contribution is -0.438. The monoisotopic (exact) mass is 847 g/mol. The number of unbranched alkanes of at least 4 members (excludes halogenated alkanes) is 4. The van der Waals surface area contributed by atoms with Gasteiger partial charge in [-0.25, -0.2) is 8.42 Å². The summed E-state index contributed by atoms with van der Waals surface area (Å²) < 4.78 is 99.9. The first-order valence-corrected chi connectivity index (χ1v) is 24.4. The average Bonchev–Trinajstić information content (AvgIpc) is 3.74. The van der Waals surface area contributed by atoms with Gasteiger partial charge in [0.25, 0.3) is 20.2 Å². The standard InChI is InChI=1S/C45H54N2O8S3/c1-7-9-14-28-46-39-24-22-35(57(50,51)52)30-37(39)44(3,4)41(46)26-20-32-18-19-33(43(32)56(48,49)34-16-12-11-13-17-34)21-27-42-45(5,6)38-31-36(58(53,54)55)23-25-40(38)47(42)29-15-10-8-2/h11-13,16-17,20-27,30-31H,7-10,14-15,18-19,28-29H2,1-6H3,(H-,50,51,52,53,54,55)/p+1. The fourth-order valence-electron chi connectivity index (χ4n) is 8.59. The molecule has 310 valence electrons. The third-order valence-electron chi connectivity index (χ3n) is 11.7. The second-order valence-corrected chi connectivity index (χ2v) is 21.1. The molecule has 3 aromatic carbocycles. The Hall–Kier alpha value is -4.14. The van der Waals surface area contributed by atoms with Crippen LogP contribution in [0.25, 0.3) is 0 Å². The van der Waals surface area contributed by atoms with Crippen molar-refractivity contribution in [2.24, 2.45) is 0 Å². The van der Waals surface area contributed by atoms with E-state index >= 15 is 0 Å². The van der Waals surface area contributed by atoms with Crippen molar-refractivity contribution in [3.8, 4) is 0 Å². The van der Waals surface area contributed by atoms with Crippen molar-refractivity contribution in [3.05, 3.63) is 124 Å². The van der Waals surface area contributed by atoms with Gasteiger partial charge in [-0.15, -0.1) is 0 Å². The van der Waals surface area contributed by atoms with Gasteiger partial charge in [-0.1, -0.05) is 77.3 Å². The van der Waals surface area contributed by atoms with Crippen molar-refractivity contribution in [2.75, 3.05) is 18.0 Å². The van der Waals surface area contributed by atoms with Gasteiger partial charge in [-0.05, 0) is 105 Å². The van der Waals surface area contributed by atoms with Crippen LogP contribution in [-0.2, 0) is 40.9 Å². The van der Waals surface area contributed by atoms with E-state index in [1.807, 2.05) is 52.0 Å². The highest BCUT2D eigenvalue weighted by Crippen LogP contribution is 2.49. The Bertz CT molecular complexity index is 2600. The Kier molecular flexibility index (Phi) is 12.3. The second-order valence-electron chi connectivity index (χ2n) is 16.4. The van der Waals surface area contributed by atoms with Crippen LogP contribution >= 0.6 is 0 Å². The molecule has 6 rings (SSSR count). The summed E-state index contributed by atoms with van der Waals surface area (Å²) in [5.74, 6) is 0. The van der Waals surface area contributed by atoms with Crippen LogP contribution in [0.1, 0.15) is 104 Å². The van der Waals surface area contributed by atoms with Crippen LogP contribution in [0.2, 0.25) is 0 Å². The van der Waals surface area contributed by atoms with Crippen LogP contribution in [0.3, 0.4) is 0 Å². The minimum absolute atomic E-state index is 0.173. The summed E-state index contributed by atoms with van der Waals surface area (Å²) in [7, 11) is -12.9. The number of benzene rings is 3. The predicted molar refractivity (Wildman–Crippen MR) is 230 cm³/mol. The predicted octanol–water partition coefficient (Wildman–Crippen LogP) is 9.62. The maximum Gasteiger partial charge on any atom is 0.294 e. The molecule has 0 spiro atoms. The average molecular weight is 848 g/mol. The quantitative estimate of drug-likeness (QED) is 0.0866. The molecule has 0 atom stereocenters. The SMILES string of the molecule is CCCCCN1/C(=C/C=C2\CCC(/C=C/C3=[N+](CCCCC)c4ccc(S(=O)(=O)O)cc4C3(C)C)=C2S(=O)(=O)c2ccccc2)C(C)(C)c2cc(S(=O)(=O)O)ccc21. The zero-order valence-corrected chi connectivity index (χ0v) is 36.6. The van der Waals surface area contributed by atoms with Crippen LogP contribution in [-0.4, -0.2) is 57.7 Å². The highest BCUT2D eigenvalue weighted by atomic mass is 32.2. The Morgan fingerprint density at radius 1 is 0.690 bits per heavy atom. The van der Waals surface area contributed by atoms with Gasteiger partial charge in [0.15, 0.2) is 5.71 Å². The fraction of sp³-hybridized carbons (Fsp3) is 0.400. The summed E-state index contributed by atoms with van der Waals surface area (Å²) in [5.41, 5.74) is 5.00. The molecular formula is C45H55N2O8S3+. The number of anilines is 1. The fourth-order valence-corrected chi connectivity index (χ4v) is 11.4. The van der Waals surface area contributed by atoms with E-state index in [2.05, 4.69) is 23.3 Å². The minimum Gasteiger partial charge on any atom is -0.344 e. The third kappa shape index (κ3) is 8.34. The number of hydrogen-bond donors (Lipinski definition) is 2. The lowest BCUT2D eigenvalue weighted by Crippen LogP contribution is -2.28. The van der Waals surface area contributed by atoms with E-state index in [1.54, 1.807) is 42.5 Å². The lowest BCUT2D eigenvalue weighted by atomic mass is 9.81. The third-order valence-corrected chi connectivity index (χ3v) is 15.4. The molecule has 0 fully saturated rings. The van der Waals surface area contributed by atoms with Crippen LogP contribution in [0.4, 0.5) is 11.4 Å². The number of rotatable bonds is 15. The van der Waals surface area contributed by atoms with Gasteiger partial charge in [0.05, 0.1) is 25.0 Å². The number of nitrogens with zero attached hydrogens (tertiary/aromatic N) is 2. The van der Waals surface area contributed by atoms with E-state index < -0.39 is 40.9 Å². The van der Waals surface area contributed by atoms with Crippen LogP contribution in [0, 0.1) is 0 Å². The Labute approximate surface area is 344 Å². The van der Waals surface area contributed by atoms with Crippen molar-refractivity contribution in [2.45, 2.75) is 118 Å². The molecule has 0 saturated heterocycles. The molecule has 2 aliphatic heterocycles. The molecule has 0 amide bonds. The normalized spacial score (nSPS) is 19.3. The first kappa shape index (κ1) is 43.4. The molecule has 0 bridgehead atoms. The zero-order chi connectivity index (χ0) is 42.3. The summed E-state index contributed by atoms with van der Waals surface area (Å²) in [5, 5.41) is 0. The van der Waals surface area contributed by atoms with E-state index in [-0.39, 0.29) is 19.6 Å². The zero-order valence-electron chi connectivity index (χ0n) is 34.2. The van der Waals surface area contributed by atoms with E-state index in [1.165, 1.54) is 24.3 Å². The van der Waals surface area contributed by atoms with Crippen molar-refractivity contribution in [1.82, 2.24) is 0 Å². The Morgan fingerprint density at radius 2 is 1.31 bits per heavy atom. The van der Waals surface area contributed by atoms with Gasteiger partial charge in [0.2, 0.25) is 15.5 Å². The van der Waals surface area contributed by atoms with Gasteiger partial charge in [0.1, 0.15) is 6.54 Å². The molecule has 13 heteroatoms. The molecular weight excluding hydrogens is 793 g/mol. The van der Waals surface area contributed by atoms with Gasteiger partial charge in [0, 0.05) is 47.5 Å². The summed E-state index contributed by atoms with van der Waals surface area (Å²) in [6.45, 7) is 13.7. The van der Waals surface area contributed by atoms with Crippen molar-refractivity contribution in [3.63, 3.8) is 0 Å². The van der Waals surface area contributed by atoms with Gasteiger partial charge >= 0.3 is 0 Å². The summed E-state index contributed by atoms with van der Waals surface area (Å²) >= 11 is 0.